The van der Waals surface area contributed by atoms with Crippen LogP contribution >= 0.6 is 24.2 Å². The summed E-state index contributed by atoms with van der Waals surface area (Å²) < 4.78 is 7.44. The summed E-state index contributed by atoms with van der Waals surface area (Å²) in [7, 11) is 0. The summed E-state index contributed by atoms with van der Waals surface area (Å²) in [5.41, 5.74) is 1.48. The fourth-order valence-electron chi connectivity index (χ4n) is 2.51. The van der Waals surface area contributed by atoms with Crippen molar-refractivity contribution in [3.63, 3.8) is 0 Å². The fraction of sp³-hybridized carbons (Fsp3) is 0.417. The van der Waals surface area contributed by atoms with Crippen LogP contribution in [0.5, 0.6) is 0 Å². The maximum absolute atomic E-state index is 7.55. The first kappa shape index (κ1) is 12.9. The minimum Gasteiger partial charge on any atom is -0.381 e. The molecule has 0 atom stereocenters. The molecule has 3 rings (SSSR count). The van der Waals surface area contributed by atoms with Gasteiger partial charge in [-0.1, -0.05) is 0 Å². The molecule has 0 spiro atoms. The second-order valence-electron chi connectivity index (χ2n) is 4.47. The molecule has 7 heteroatoms. The van der Waals surface area contributed by atoms with Gasteiger partial charge < -0.3 is 14.7 Å². The number of nitrogens with zero attached hydrogens (tertiary/aromatic N) is 3. The van der Waals surface area contributed by atoms with Gasteiger partial charge in [0.25, 0.3) is 0 Å². The van der Waals surface area contributed by atoms with E-state index in [2.05, 4.69) is 27.2 Å². The highest BCUT2D eigenvalue weighted by Gasteiger charge is 2.23. The predicted octanol–water partition coefficient (Wildman–Crippen LogP) is 2.72. The van der Waals surface area contributed by atoms with Crippen LogP contribution in [0.2, 0.25) is 5.28 Å². The Labute approximate surface area is 120 Å². The first-order valence-electron chi connectivity index (χ1n) is 6.06. The highest BCUT2D eigenvalue weighted by atomic mass is 35.5. The summed E-state index contributed by atoms with van der Waals surface area (Å²) >= 11 is 10.4. The van der Waals surface area contributed by atoms with Crippen molar-refractivity contribution in [2.24, 2.45) is 0 Å². The molecule has 0 radical (unpaired) electrons. The lowest BCUT2D eigenvalue weighted by Gasteiger charge is -2.25. The molecule has 19 heavy (non-hydrogen) atoms. The minimum atomic E-state index is 0.211. The van der Waals surface area contributed by atoms with Gasteiger partial charge in [0.1, 0.15) is 5.65 Å². The summed E-state index contributed by atoms with van der Waals surface area (Å²) in [5, 5.41) is 9.32. The van der Waals surface area contributed by atoms with Gasteiger partial charge >= 0.3 is 0 Å². The predicted molar refractivity (Wildman–Crippen MR) is 76.8 cm³/mol. The SMILES string of the molecule is N=Cc1c(S)n(C2CCOCC2)c2nc(Cl)ncc12. The second kappa shape index (κ2) is 5.11. The Balaban J connectivity index is 2.23. The van der Waals surface area contributed by atoms with E-state index in [1.807, 2.05) is 0 Å². The summed E-state index contributed by atoms with van der Waals surface area (Å²) in [4.78, 5) is 8.30. The van der Waals surface area contributed by atoms with E-state index in [1.54, 1.807) is 6.20 Å². The van der Waals surface area contributed by atoms with Crippen molar-refractivity contribution in [1.82, 2.24) is 14.5 Å². The van der Waals surface area contributed by atoms with Crippen molar-refractivity contribution in [2.75, 3.05) is 13.2 Å². The normalized spacial score (nSPS) is 16.9. The van der Waals surface area contributed by atoms with Crippen LogP contribution in [0.4, 0.5) is 0 Å². The Morgan fingerprint density at radius 2 is 2.21 bits per heavy atom. The molecular weight excluding hydrogens is 284 g/mol. The van der Waals surface area contributed by atoms with E-state index in [0.29, 0.717) is 0 Å². The van der Waals surface area contributed by atoms with E-state index in [4.69, 9.17) is 21.7 Å². The van der Waals surface area contributed by atoms with Gasteiger partial charge in [0.05, 0.1) is 5.03 Å². The first-order chi connectivity index (χ1) is 9.22. The van der Waals surface area contributed by atoms with E-state index < -0.39 is 0 Å². The maximum Gasteiger partial charge on any atom is 0.224 e. The van der Waals surface area contributed by atoms with Crippen molar-refractivity contribution in [3.8, 4) is 0 Å². The first-order valence-corrected chi connectivity index (χ1v) is 6.88. The third-order valence-corrected chi connectivity index (χ3v) is 4.07. The number of halogens is 1. The number of hydrogen-bond donors (Lipinski definition) is 2. The summed E-state index contributed by atoms with van der Waals surface area (Å²) in [6.07, 6.45) is 4.77. The third kappa shape index (κ3) is 2.13. The van der Waals surface area contributed by atoms with Crippen LogP contribution in [0.25, 0.3) is 11.0 Å². The molecule has 0 aromatic carbocycles. The number of fused-ring (bicyclic) bond motifs is 1. The second-order valence-corrected chi connectivity index (χ2v) is 5.23. The molecule has 0 bridgehead atoms. The van der Waals surface area contributed by atoms with E-state index in [9.17, 15) is 0 Å². The number of thiol groups is 1. The minimum absolute atomic E-state index is 0.211. The van der Waals surface area contributed by atoms with Crippen LogP contribution in [0.3, 0.4) is 0 Å². The zero-order valence-corrected chi connectivity index (χ0v) is 11.8. The van der Waals surface area contributed by atoms with E-state index >= 15 is 0 Å². The quantitative estimate of drug-likeness (QED) is 0.509. The van der Waals surface area contributed by atoms with Crippen LogP contribution in [0.15, 0.2) is 11.2 Å². The lowest BCUT2D eigenvalue weighted by molar-refractivity contribution is 0.0687. The molecule has 0 saturated carbocycles. The number of hydrogen-bond acceptors (Lipinski definition) is 5. The van der Waals surface area contributed by atoms with Gasteiger partial charge in [0.2, 0.25) is 5.28 Å². The molecule has 100 valence electrons. The summed E-state index contributed by atoms with van der Waals surface area (Å²) in [5.74, 6) is 0. The van der Waals surface area contributed by atoms with Crippen molar-refractivity contribution >= 4 is 41.5 Å². The van der Waals surface area contributed by atoms with Gasteiger partial charge in [0, 0.05) is 42.6 Å². The molecule has 1 N–H and O–H groups in total. The average molecular weight is 297 g/mol. The molecule has 2 aromatic rings. The monoisotopic (exact) mass is 296 g/mol. The van der Waals surface area contributed by atoms with Crippen LogP contribution in [-0.2, 0) is 4.74 Å². The topological polar surface area (TPSA) is 63.8 Å². The Morgan fingerprint density at radius 1 is 1.47 bits per heavy atom. The molecule has 1 aliphatic rings. The number of nitrogens with one attached hydrogen (secondary N) is 1. The molecular formula is C12H13ClN4OS. The van der Waals surface area contributed by atoms with Gasteiger partial charge in [-0.3, -0.25) is 0 Å². The Hall–Kier alpha value is -1.11. The molecule has 0 aliphatic carbocycles. The fourth-order valence-corrected chi connectivity index (χ4v) is 3.08. The lowest BCUT2D eigenvalue weighted by atomic mass is 10.1. The van der Waals surface area contributed by atoms with Gasteiger partial charge in [-0.25, -0.2) is 4.98 Å². The third-order valence-electron chi connectivity index (χ3n) is 3.43. The Kier molecular flexibility index (Phi) is 3.47. The maximum atomic E-state index is 7.55. The van der Waals surface area contributed by atoms with E-state index in [0.717, 1.165) is 47.7 Å². The standard InChI is InChI=1S/C12H13ClN4OS/c13-12-15-6-9-8(5-14)11(19)17(10(9)16-12)7-1-3-18-4-2-7/h5-7,14,19H,1-4H2. The largest absolute Gasteiger partial charge is 0.381 e. The van der Waals surface area contributed by atoms with Crippen molar-refractivity contribution < 1.29 is 4.74 Å². The number of rotatable bonds is 2. The van der Waals surface area contributed by atoms with E-state index in [1.165, 1.54) is 6.21 Å². The van der Waals surface area contributed by atoms with Crippen LogP contribution in [0.1, 0.15) is 24.4 Å². The Morgan fingerprint density at radius 3 is 2.89 bits per heavy atom. The van der Waals surface area contributed by atoms with Gasteiger partial charge in [0.15, 0.2) is 0 Å². The van der Waals surface area contributed by atoms with Gasteiger partial charge in [-0.2, -0.15) is 4.98 Å². The zero-order chi connectivity index (χ0) is 13.4. The molecule has 1 fully saturated rings. The smallest absolute Gasteiger partial charge is 0.224 e. The molecule has 1 aliphatic heterocycles. The molecule has 3 heterocycles. The van der Waals surface area contributed by atoms with Crippen molar-refractivity contribution in [1.29, 1.82) is 5.41 Å². The lowest BCUT2D eigenvalue weighted by Crippen LogP contribution is -2.20. The molecule has 5 nitrogen and oxygen atoms in total. The van der Waals surface area contributed by atoms with Crippen molar-refractivity contribution in [3.05, 3.63) is 17.0 Å². The molecule has 2 aromatic heterocycles. The van der Waals surface area contributed by atoms with Gasteiger partial charge in [-0.05, 0) is 24.4 Å². The van der Waals surface area contributed by atoms with Gasteiger partial charge in [-0.15, -0.1) is 12.6 Å². The summed E-state index contributed by atoms with van der Waals surface area (Å²) in [6.45, 7) is 1.46. The number of aromatic nitrogens is 3. The Bertz CT molecular complexity index is 636. The van der Waals surface area contributed by atoms with Crippen molar-refractivity contribution in [2.45, 2.75) is 23.9 Å². The molecule has 0 amide bonds. The van der Waals surface area contributed by atoms with E-state index in [-0.39, 0.29) is 11.3 Å². The van der Waals surface area contributed by atoms with Crippen LogP contribution in [0, 0.1) is 5.41 Å². The van der Waals surface area contributed by atoms with Crippen LogP contribution < -0.4 is 0 Å². The highest BCUT2D eigenvalue weighted by molar-refractivity contribution is 7.80. The molecule has 1 saturated heterocycles. The molecule has 0 unspecified atom stereocenters. The van der Waals surface area contributed by atoms with Crippen LogP contribution in [-0.4, -0.2) is 34.0 Å². The average Bonchev–Trinajstić information content (AvgIpc) is 2.70. The number of ether oxygens (including phenoxy) is 1. The zero-order valence-electron chi connectivity index (χ0n) is 10.1. The highest BCUT2D eigenvalue weighted by Crippen LogP contribution is 2.33. The summed E-state index contributed by atoms with van der Waals surface area (Å²) in [6, 6.07) is 0.281.